The van der Waals surface area contributed by atoms with Crippen LogP contribution in [0.15, 0.2) is 78.9 Å². The molecule has 36 heavy (non-hydrogen) atoms. The van der Waals surface area contributed by atoms with Gasteiger partial charge in [0.2, 0.25) is 11.8 Å². The number of carbonyl (C=O) groups excluding carboxylic acids is 2. The van der Waals surface area contributed by atoms with Gasteiger partial charge in [0.05, 0.1) is 20.6 Å². The molecule has 0 fully saturated rings. The summed E-state index contributed by atoms with van der Waals surface area (Å²) in [5.74, 6) is 0.907. The van der Waals surface area contributed by atoms with Gasteiger partial charge in [0.15, 0.2) is 11.5 Å². The van der Waals surface area contributed by atoms with E-state index in [4.69, 9.17) is 9.47 Å². The molecule has 6 nitrogen and oxygen atoms in total. The van der Waals surface area contributed by atoms with E-state index in [-0.39, 0.29) is 18.2 Å². The molecule has 2 amide bonds. The molecule has 0 aliphatic rings. The van der Waals surface area contributed by atoms with E-state index in [0.717, 1.165) is 29.5 Å². The smallest absolute Gasteiger partial charge is 0.243 e. The Balaban J connectivity index is 1.93. The summed E-state index contributed by atoms with van der Waals surface area (Å²) in [6, 6.07) is 24.4. The minimum Gasteiger partial charge on any atom is -0.493 e. The predicted octanol–water partition coefficient (Wildman–Crippen LogP) is 4.80. The third-order valence-electron chi connectivity index (χ3n) is 6.10. The second kappa shape index (κ2) is 13.9. The number of amides is 2. The van der Waals surface area contributed by atoms with Gasteiger partial charge in [-0.25, -0.2) is 0 Å². The molecule has 0 aromatic heterocycles. The van der Waals surface area contributed by atoms with Crippen LogP contribution in [0.25, 0.3) is 0 Å². The molecule has 3 aromatic carbocycles. The summed E-state index contributed by atoms with van der Waals surface area (Å²) in [5.41, 5.74) is 2.77. The second-order valence-corrected chi connectivity index (χ2v) is 8.72. The molecular weight excluding hydrogens is 452 g/mol. The quantitative estimate of drug-likeness (QED) is 0.351. The van der Waals surface area contributed by atoms with Crippen LogP contribution < -0.4 is 14.8 Å². The number of ether oxygens (including phenoxy) is 2. The predicted molar refractivity (Wildman–Crippen MR) is 142 cm³/mol. The summed E-state index contributed by atoms with van der Waals surface area (Å²) in [7, 11) is 3.15. The number of hydrogen-bond donors (Lipinski definition) is 1. The molecule has 0 saturated heterocycles. The van der Waals surface area contributed by atoms with Crippen molar-refractivity contribution in [3.05, 3.63) is 95.6 Å². The third kappa shape index (κ3) is 7.60. The standard InChI is InChI=1S/C30H36N2O4/c1-4-5-18-31-30(34)26(19-23-12-8-6-9-13-23)32(22-24-14-10-7-11-15-24)29(33)21-25-16-17-27(35-2)28(20-25)36-3/h6-17,20,26H,4-5,18-19,21-22H2,1-3H3,(H,31,34)/t26-/m1/s1. The average molecular weight is 489 g/mol. The van der Waals surface area contributed by atoms with Crippen molar-refractivity contribution in [1.29, 1.82) is 0 Å². The Morgan fingerprint density at radius 2 is 1.47 bits per heavy atom. The number of hydrogen-bond acceptors (Lipinski definition) is 4. The van der Waals surface area contributed by atoms with Crippen molar-refractivity contribution >= 4 is 11.8 Å². The number of unbranched alkanes of at least 4 members (excludes halogenated alkanes) is 1. The van der Waals surface area contributed by atoms with Crippen molar-refractivity contribution in [2.75, 3.05) is 20.8 Å². The number of rotatable bonds is 13. The topological polar surface area (TPSA) is 67.9 Å². The number of nitrogens with one attached hydrogen (secondary N) is 1. The van der Waals surface area contributed by atoms with Crippen LogP contribution in [0.5, 0.6) is 11.5 Å². The van der Waals surface area contributed by atoms with Crippen LogP contribution in [0.3, 0.4) is 0 Å². The van der Waals surface area contributed by atoms with Gasteiger partial charge in [-0.05, 0) is 35.2 Å². The zero-order valence-corrected chi connectivity index (χ0v) is 21.4. The number of benzene rings is 3. The van der Waals surface area contributed by atoms with Crippen molar-refractivity contribution in [2.24, 2.45) is 0 Å². The first-order valence-corrected chi connectivity index (χ1v) is 12.4. The Labute approximate surface area is 214 Å². The van der Waals surface area contributed by atoms with Crippen LogP contribution in [0.4, 0.5) is 0 Å². The highest BCUT2D eigenvalue weighted by molar-refractivity contribution is 5.88. The third-order valence-corrected chi connectivity index (χ3v) is 6.10. The van der Waals surface area contributed by atoms with E-state index in [0.29, 0.717) is 31.0 Å². The fourth-order valence-electron chi connectivity index (χ4n) is 4.11. The molecule has 1 atom stereocenters. The second-order valence-electron chi connectivity index (χ2n) is 8.72. The Hall–Kier alpha value is -3.80. The molecule has 0 radical (unpaired) electrons. The normalized spacial score (nSPS) is 11.4. The van der Waals surface area contributed by atoms with E-state index in [1.165, 1.54) is 0 Å². The van der Waals surface area contributed by atoms with E-state index in [1.807, 2.05) is 72.8 Å². The molecule has 6 heteroatoms. The Morgan fingerprint density at radius 1 is 0.833 bits per heavy atom. The van der Waals surface area contributed by atoms with Gasteiger partial charge >= 0.3 is 0 Å². The molecule has 0 aliphatic heterocycles. The molecule has 0 saturated carbocycles. The van der Waals surface area contributed by atoms with Crippen LogP contribution >= 0.6 is 0 Å². The first kappa shape index (κ1) is 26.8. The molecular formula is C30H36N2O4. The zero-order chi connectivity index (χ0) is 25.8. The summed E-state index contributed by atoms with van der Waals surface area (Å²) < 4.78 is 10.8. The van der Waals surface area contributed by atoms with Crippen LogP contribution in [0, 0.1) is 0 Å². The zero-order valence-electron chi connectivity index (χ0n) is 21.4. The van der Waals surface area contributed by atoms with Gasteiger partial charge in [-0.2, -0.15) is 0 Å². The molecule has 190 valence electrons. The summed E-state index contributed by atoms with van der Waals surface area (Å²) in [6.07, 6.45) is 2.45. The number of methoxy groups -OCH3 is 2. The number of carbonyl (C=O) groups is 2. The fraction of sp³-hybridized carbons (Fsp3) is 0.333. The summed E-state index contributed by atoms with van der Waals surface area (Å²) in [4.78, 5) is 29.0. The van der Waals surface area contributed by atoms with Gasteiger partial charge < -0.3 is 19.7 Å². The van der Waals surface area contributed by atoms with Gasteiger partial charge in [0.1, 0.15) is 6.04 Å². The molecule has 3 rings (SSSR count). The van der Waals surface area contributed by atoms with E-state index in [9.17, 15) is 9.59 Å². The highest BCUT2D eigenvalue weighted by atomic mass is 16.5. The van der Waals surface area contributed by atoms with Gasteiger partial charge in [-0.1, -0.05) is 80.1 Å². The Kier molecular flexibility index (Phi) is 10.4. The monoisotopic (exact) mass is 488 g/mol. The van der Waals surface area contributed by atoms with E-state index in [1.54, 1.807) is 25.2 Å². The largest absolute Gasteiger partial charge is 0.493 e. The summed E-state index contributed by atoms with van der Waals surface area (Å²) in [5, 5.41) is 3.05. The fourth-order valence-corrected chi connectivity index (χ4v) is 4.11. The first-order valence-electron chi connectivity index (χ1n) is 12.4. The average Bonchev–Trinajstić information content (AvgIpc) is 2.91. The SMILES string of the molecule is CCCCNC(=O)[C@@H](Cc1ccccc1)N(Cc1ccccc1)C(=O)Cc1ccc(OC)c(OC)c1. The first-order chi connectivity index (χ1) is 17.5. The van der Waals surface area contributed by atoms with Crippen LogP contribution in [-0.2, 0) is 29.0 Å². The van der Waals surface area contributed by atoms with Crippen LogP contribution in [0.1, 0.15) is 36.5 Å². The number of nitrogens with zero attached hydrogens (tertiary/aromatic N) is 1. The van der Waals surface area contributed by atoms with Crippen molar-refractivity contribution in [3.8, 4) is 11.5 Å². The molecule has 0 heterocycles. The maximum Gasteiger partial charge on any atom is 0.243 e. The lowest BCUT2D eigenvalue weighted by Crippen LogP contribution is -2.51. The van der Waals surface area contributed by atoms with Crippen LogP contribution in [0.2, 0.25) is 0 Å². The van der Waals surface area contributed by atoms with Crippen molar-refractivity contribution in [3.63, 3.8) is 0 Å². The van der Waals surface area contributed by atoms with Gasteiger partial charge in [0.25, 0.3) is 0 Å². The van der Waals surface area contributed by atoms with E-state index < -0.39 is 6.04 Å². The molecule has 1 N–H and O–H groups in total. The molecule has 0 aliphatic carbocycles. The Morgan fingerprint density at radius 3 is 2.08 bits per heavy atom. The maximum absolute atomic E-state index is 13.8. The van der Waals surface area contributed by atoms with Crippen molar-refractivity contribution < 1.29 is 19.1 Å². The van der Waals surface area contributed by atoms with Gasteiger partial charge in [-0.15, -0.1) is 0 Å². The van der Waals surface area contributed by atoms with E-state index >= 15 is 0 Å². The lowest BCUT2D eigenvalue weighted by atomic mass is 10.0. The molecule has 0 unspecified atom stereocenters. The molecule has 0 bridgehead atoms. The van der Waals surface area contributed by atoms with E-state index in [2.05, 4.69) is 12.2 Å². The highest BCUT2D eigenvalue weighted by Crippen LogP contribution is 2.28. The Bertz CT molecular complexity index is 1100. The molecule has 3 aromatic rings. The minimum absolute atomic E-state index is 0.127. The molecule has 0 spiro atoms. The maximum atomic E-state index is 13.8. The summed E-state index contributed by atoms with van der Waals surface area (Å²) in [6.45, 7) is 3.01. The van der Waals surface area contributed by atoms with Gasteiger partial charge in [0, 0.05) is 19.5 Å². The lowest BCUT2D eigenvalue weighted by Gasteiger charge is -2.32. The lowest BCUT2D eigenvalue weighted by molar-refractivity contribution is -0.140. The minimum atomic E-state index is -0.642. The van der Waals surface area contributed by atoms with Crippen molar-refractivity contribution in [2.45, 2.75) is 45.2 Å². The highest BCUT2D eigenvalue weighted by Gasteiger charge is 2.30. The van der Waals surface area contributed by atoms with Gasteiger partial charge in [-0.3, -0.25) is 9.59 Å². The van der Waals surface area contributed by atoms with Crippen LogP contribution in [-0.4, -0.2) is 43.5 Å². The van der Waals surface area contributed by atoms with Crippen molar-refractivity contribution in [1.82, 2.24) is 10.2 Å². The summed E-state index contributed by atoms with van der Waals surface area (Å²) >= 11 is 0.